The molecule has 5 fully saturated rings. The standard InChI is InChI=1S/C41H73N7O3/c1-37(2)24-31(25-38(3,4)47(37)50-33-15-11-9-12-16-33)30-19-20-41(45-21-22-49,46-36-43-28-42-29-44-36)35(23-30)32-26-39(5,6)48(40(7,8)27-32)51-34-17-13-10-14-18-34/h28-35,45,49H,9-27H2,1-8H3,(H,42,43,44,46). The third kappa shape index (κ3) is 8.94. The van der Waals surface area contributed by atoms with Crippen molar-refractivity contribution in [3.05, 3.63) is 12.7 Å². The Morgan fingerprint density at radius 3 is 1.61 bits per heavy atom. The van der Waals surface area contributed by atoms with E-state index in [1.54, 1.807) is 12.7 Å². The molecule has 290 valence electrons. The van der Waals surface area contributed by atoms with E-state index in [1.807, 2.05) is 0 Å². The molecule has 51 heavy (non-hydrogen) atoms. The van der Waals surface area contributed by atoms with Crippen LogP contribution >= 0.6 is 0 Å². The maximum absolute atomic E-state index is 10.2. The molecule has 0 bridgehead atoms. The molecule has 0 amide bonds. The third-order valence-electron chi connectivity index (χ3n) is 13.6. The first-order valence-electron chi connectivity index (χ1n) is 20.8. The van der Waals surface area contributed by atoms with E-state index in [2.05, 4.69) is 91.1 Å². The van der Waals surface area contributed by atoms with E-state index in [0.29, 0.717) is 48.4 Å². The molecule has 3 aliphatic carbocycles. The minimum absolute atomic E-state index is 0.0437. The molecule has 3 saturated carbocycles. The van der Waals surface area contributed by atoms with Gasteiger partial charge in [-0.1, -0.05) is 38.5 Å². The average Bonchev–Trinajstić information content (AvgIpc) is 3.08. The summed E-state index contributed by atoms with van der Waals surface area (Å²) in [4.78, 5) is 27.1. The van der Waals surface area contributed by atoms with Crippen LogP contribution in [0.2, 0.25) is 0 Å². The summed E-state index contributed by atoms with van der Waals surface area (Å²) < 4.78 is 0. The lowest BCUT2D eigenvalue weighted by Gasteiger charge is -2.61. The van der Waals surface area contributed by atoms with Crippen LogP contribution in [0.25, 0.3) is 0 Å². The van der Waals surface area contributed by atoms with E-state index in [4.69, 9.17) is 9.68 Å². The number of hydroxylamine groups is 4. The molecule has 10 nitrogen and oxygen atoms in total. The van der Waals surface area contributed by atoms with Gasteiger partial charge in [0.25, 0.3) is 0 Å². The number of nitrogens with one attached hydrogen (secondary N) is 2. The molecule has 3 N–H and O–H groups in total. The minimum Gasteiger partial charge on any atom is -0.395 e. The van der Waals surface area contributed by atoms with Gasteiger partial charge in [-0.3, -0.25) is 15.0 Å². The van der Waals surface area contributed by atoms with Crippen molar-refractivity contribution in [3.8, 4) is 0 Å². The molecule has 0 radical (unpaired) electrons. The Hall–Kier alpha value is -1.43. The number of aliphatic hydroxyl groups is 1. The zero-order valence-electron chi connectivity index (χ0n) is 33.6. The quantitative estimate of drug-likeness (QED) is 0.195. The van der Waals surface area contributed by atoms with Crippen molar-refractivity contribution >= 4 is 5.95 Å². The Bertz CT molecular complexity index is 1210. The molecule has 2 saturated heterocycles. The summed E-state index contributed by atoms with van der Waals surface area (Å²) >= 11 is 0. The average molecular weight is 712 g/mol. The number of aromatic nitrogens is 3. The zero-order valence-corrected chi connectivity index (χ0v) is 33.6. The van der Waals surface area contributed by atoms with Crippen molar-refractivity contribution in [2.75, 3.05) is 18.5 Å². The predicted molar refractivity (Wildman–Crippen MR) is 203 cm³/mol. The van der Waals surface area contributed by atoms with Crippen molar-refractivity contribution in [1.29, 1.82) is 0 Å². The number of hydrogen-bond donors (Lipinski definition) is 3. The lowest BCUT2D eigenvalue weighted by molar-refractivity contribution is -0.319. The molecule has 1 aromatic rings. The van der Waals surface area contributed by atoms with Gasteiger partial charge in [0.05, 0.1) is 24.5 Å². The number of aliphatic hydroxyl groups excluding tert-OH is 1. The number of hydrogen-bond acceptors (Lipinski definition) is 10. The molecular weight excluding hydrogens is 638 g/mol. The molecular formula is C41H73N7O3. The Labute approximate surface area is 309 Å². The molecule has 10 heteroatoms. The molecule has 3 heterocycles. The number of anilines is 1. The van der Waals surface area contributed by atoms with Gasteiger partial charge in [0, 0.05) is 28.7 Å². The highest BCUT2D eigenvalue weighted by Gasteiger charge is 2.57. The van der Waals surface area contributed by atoms with Crippen LogP contribution in [0.1, 0.15) is 165 Å². The van der Waals surface area contributed by atoms with Gasteiger partial charge in [0.1, 0.15) is 12.7 Å². The van der Waals surface area contributed by atoms with Crippen molar-refractivity contribution in [3.63, 3.8) is 0 Å². The van der Waals surface area contributed by atoms with Gasteiger partial charge in [-0.2, -0.15) is 10.1 Å². The number of rotatable bonds is 11. The summed E-state index contributed by atoms with van der Waals surface area (Å²) in [5.74, 6) is 2.54. The summed E-state index contributed by atoms with van der Waals surface area (Å²) in [6.07, 6.45) is 23.9. The van der Waals surface area contributed by atoms with E-state index in [1.165, 1.54) is 51.4 Å². The molecule has 1 aromatic heterocycles. The Morgan fingerprint density at radius 2 is 1.14 bits per heavy atom. The second-order valence-electron chi connectivity index (χ2n) is 19.8. The zero-order chi connectivity index (χ0) is 36.5. The van der Waals surface area contributed by atoms with Gasteiger partial charge < -0.3 is 10.4 Å². The van der Waals surface area contributed by atoms with E-state index < -0.39 is 5.66 Å². The van der Waals surface area contributed by atoms with Gasteiger partial charge >= 0.3 is 0 Å². The van der Waals surface area contributed by atoms with E-state index in [0.717, 1.165) is 57.8 Å². The second-order valence-corrected chi connectivity index (χ2v) is 19.8. The van der Waals surface area contributed by atoms with Crippen LogP contribution in [0.3, 0.4) is 0 Å². The van der Waals surface area contributed by atoms with Crippen LogP contribution in [0.15, 0.2) is 12.7 Å². The van der Waals surface area contributed by atoms with E-state index in [9.17, 15) is 5.11 Å². The van der Waals surface area contributed by atoms with Crippen molar-refractivity contribution in [2.24, 2.45) is 23.7 Å². The third-order valence-corrected chi connectivity index (χ3v) is 13.6. The molecule has 6 rings (SSSR count). The van der Waals surface area contributed by atoms with Crippen molar-refractivity contribution < 1.29 is 14.8 Å². The molecule has 2 aliphatic heterocycles. The summed E-state index contributed by atoms with van der Waals surface area (Å²) in [7, 11) is 0. The lowest BCUT2D eigenvalue weighted by atomic mass is 9.57. The Balaban J connectivity index is 1.28. The number of nitrogens with zero attached hydrogens (tertiary/aromatic N) is 5. The van der Waals surface area contributed by atoms with Gasteiger partial charge in [0.2, 0.25) is 5.95 Å². The van der Waals surface area contributed by atoms with E-state index in [-0.39, 0.29) is 28.8 Å². The summed E-state index contributed by atoms with van der Waals surface area (Å²) in [5.41, 5.74) is -0.785. The molecule has 0 aromatic carbocycles. The van der Waals surface area contributed by atoms with Gasteiger partial charge in [-0.05, 0) is 150 Å². The molecule has 0 spiro atoms. The molecule has 5 aliphatic rings. The normalized spacial score (nSPS) is 32.9. The highest BCUT2D eigenvalue weighted by Crippen LogP contribution is 2.55. The summed E-state index contributed by atoms with van der Waals surface area (Å²) in [6.45, 7) is 19.9. The monoisotopic (exact) mass is 712 g/mol. The van der Waals surface area contributed by atoms with Crippen LogP contribution in [0.5, 0.6) is 0 Å². The maximum Gasteiger partial charge on any atom is 0.227 e. The summed E-state index contributed by atoms with van der Waals surface area (Å²) in [6, 6.07) is 0. The molecule has 3 atom stereocenters. The Morgan fingerprint density at radius 1 is 0.667 bits per heavy atom. The topological polar surface area (TPSA) is 108 Å². The SMILES string of the molecule is CC1(C)CC(C2CCC(NCCO)(Nc3ncncn3)C(C3CC(C)(C)N(OC4CCCCC4)C(C)(C)C3)C2)CC(C)(C)N1OC1CCCCC1. The highest BCUT2D eigenvalue weighted by atomic mass is 16.7. The smallest absolute Gasteiger partial charge is 0.227 e. The van der Waals surface area contributed by atoms with Gasteiger partial charge in [-0.15, -0.1) is 0 Å². The second kappa shape index (κ2) is 15.7. The van der Waals surface area contributed by atoms with Crippen LogP contribution in [0.4, 0.5) is 5.95 Å². The maximum atomic E-state index is 10.2. The first kappa shape index (κ1) is 39.3. The number of piperidine rings is 2. The fourth-order valence-corrected chi connectivity index (χ4v) is 12.0. The molecule has 3 unspecified atom stereocenters. The highest BCUT2D eigenvalue weighted by molar-refractivity contribution is 5.29. The predicted octanol–water partition coefficient (Wildman–Crippen LogP) is 8.05. The summed E-state index contributed by atoms with van der Waals surface area (Å²) in [5, 5.41) is 22.7. The fraction of sp³-hybridized carbons (Fsp3) is 0.927. The van der Waals surface area contributed by atoms with Crippen LogP contribution in [-0.4, -0.2) is 83.4 Å². The van der Waals surface area contributed by atoms with Crippen LogP contribution < -0.4 is 10.6 Å². The Kier molecular flexibility index (Phi) is 12.1. The van der Waals surface area contributed by atoms with Crippen molar-refractivity contribution in [2.45, 2.75) is 205 Å². The van der Waals surface area contributed by atoms with E-state index >= 15 is 0 Å². The van der Waals surface area contributed by atoms with Crippen molar-refractivity contribution in [1.82, 2.24) is 30.4 Å². The first-order chi connectivity index (χ1) is 24.1. The van der Waals surface area contributed by atoms with Gasteiger partial charge in [-0.25, -0.2) is 15.0 Å². The lowest BCUT2D eigenvalue weighted by Crippen LogP contribution is -2.67. The van der Waals surface area contributed by atoms with Gasteiger partial charge in [0.15, 0.2) is 0 Å². The fourth-order valence-electron chi connectivity index (χ4n) is 12.0. The van der Waals surface area contributed by atoms with Crippen LogP contribution in [-0.2, 0) is 9.68 Å². The van der Waals surface area contributed by atoms with Crippen LogP contribution in [0, 0.1) is 23.7 Å². The minimum atomic E-state index is -0.445. The first-order valence-corrected chi connectivity index (χ1v) is 20.8. The largest absolute Gasteiger partial charge is 0.395 e.